The van der Waals surface area contributed by atoms with Crippen LogP contribution in [0.3, 0.4) is 0 Å². The molecule has 11 aromatic carbocycles. The molecule has 0 unspecified atom stereocenters. The van der Waals surface area contributed by atoms with Gasteiger partial charge in [0, 0.05) is 27.7 Å². The highest BCUT2D eigenvalue weighted by Gasteiger charge is 2.21. The van der Waals surface area contributed by atoms with Crippen LogP contribution in [0.5, 0.6) is 0 Å². The molecular weight excluding hydrogens is 775 g/mol. The molecule has 0 radical (unpaired) electrons. The van der Waals surface area contributed by atoms with Crippen molar-refractivity contribution in [2.45, 2.75) is 0 Å². The Hall–Kier alpha value is -8.46. The first-order chi connectivity index (χ1) is 31.7. The molecule has 64 heavy (non-hydrogen) atoms. The molecule has 0 amide bonds. The van der Waals surface area contributed by atoms with Crippen molar-refractivity contribution < 1.29 is 4.42 Å². The second-order valence-electron chi connectivity index (χ2n) is 16.4. The zero-order chi connectivity index (χ0) is 42.4. The van der Waals surface area contributed by atoms with Gasteiger partial charge in [0.25, 0.3) is 0 Å². The van der Waals surface area contributed by atoms with Crippen LogP contribution in [-0.4, -0.2) is 0 Å². The smallest absolute Gasteiger partial charge is 0.136 e. The monoisotopic (exact) mass is 815 g/mol. The van der Waals surface area contributed by atoms with Gasteiger partial charge in [-0.05, 0) is 132 Å². The number of hydrogen-bond acceptors (Lipinski definition) is 2. The lowest BCUT2D eigenvalue weighted by atomic mass is 9.93. The Kier molecular flexibility index (Phi) is 9.20. The van der Waals surface area contributed by atoms with Crippen LogP contribution in [0.1, 0.15) is 0 Å². The number of nitrogens with zero attached hydrogens (tertiary/aromatic N) is 1. The van der Waals surface area contributed by atoms with E-state index in [1.807, 2.05) is 6.07 Å². The summed E-state index contributed by atoms with van der Waals surface area (Å²) in [5.41, 5.74) is 16.7. The van der Waals surface area contributed by atoms with Crippen LogP contribution < -0.4 is 4.90 Å². The second-order valence-corrected chi connectivity index (χ2v) is 16.4. The molecule has 1 heterocycles. The Balaban J connectivity index is 1.04. The number of furan rings is 1. The fraction of sp³-hybridized carbons (Fsp3) is 0. The SMILES string of the molecule is c1ccc(-c2cc(-c3ccccc3)cc(-c3ccc(N(c4cccc(-c5cccc6c5ccc5ccccc56)c4)c4ccccc4-c4cccc5oc6ccccc6c45)cc3)c2)cc1. The lowest BCUT2D eigenvalue weighted by Crippen LogP contribution is -2.11. The Morgan fingerprint density at radius 3 is 1.58 bits per heavy atom. The molecule has 300 valence electrons. The van der Waals surface area contributed by atoms with E-state index >= 15 is 0 Å². The first kappa shape index (κ1) is 37.3. The third-order valence-corrected chi connectivity index (χ3v) is 12.6. The normalized spacial score (nSPS) is 11.4. The Morgan fingerprint density at radius 2 is 0.812 bits per heavy atom. The van der Waals surface area contributed by atoms with Crippen molar-refractivity contribution in [1.29, 1.82) is 0 Å². The van der Waals surface area contributed by atoms with Crippen LogP contribution in [0.15, 0.2) is 253 Å². The molecule has 1 aromatic heterocycles. The maximum Gasteiger partial charge on any atom is 0.136 e. The van der Waals surface area contributed by atoms with Gasteiger partial charge in [0.1, 0.15) is 11.2 Å². The highest BCUT2D eigenvalue weighted by atomic mass is 16.3. The highest BCUT2D eigenvalue weighted by molar-refractivity contribution is 6.14. The van der Waals surface area contributed by atoms with Gasteiger partial charge in [-0.15, -0.1) is 0 Å². The van der Waals surface area contributed by atoms with Crippen LogP contribution in [0.25, 0.3) is 99.1 Å². The van der Waals surface area contributed by atoms with Crippen molar-refractivity contribution in [2.24, 2.45) is 0 Å². The summed E-state index contributed by atoms with van der Waals surface area (Å²) in [5, 5.41) is 7.23. The lowest BCUT2D eigenvalue weighted by molar-refractivity contribution is 0.669. The molecule has 0 spiro atoms. The van der Waals surface area contributed by atoms with Crippen molar-refractivity contribution in [1.82, 2.24) is 0 Å². The van der Waals surface area contributed by atoms with Crippen molar-refractivity contribution in [3.8, 4) is 55.6 Å². The molecule has 2 nitrogen and oxygen atoms in total. The van der Waals surface area contributed by atoms with Gasteiger partial charge >= 0.3 is 0 Å². The van der Waals surface area contributed by atoms with Gasteiger partial charge in [-0.3, -0.25) is 0 Å². The van der Waals surface area contributed by atoms with E-state index in [1.165, 1.54) is 54.9 Å². The van der Waals surface area contributed by atoms with E-state index in [-0.39, 0.29) is 0 Å². The summed E-state index contributed by atoms with van der Waals surface area (Å²) in [7, 11) is 0. The number of hydrogen-bond donors (Lipinski definition) is 0. The van der Waals surface area contributed by atoms with E-state index < -0.39 is 0 Å². The molecule has 0 N–H and O–H groups in total. The Labute approximate surface area is 372 Å². The number of fused-ring (bicyclic) bond motifs is 6. The minimum Gasteiger partial charge on any atom is -0.456 e. The van der Waals surface area contributed by atoms with Crippen LogP contribution in [0.2, 0.25) is 0 Å². The molecule has 0 aliphatic carbocycles. The summed E-state index contributed by atoms with van der Waals surface area (Å²) in [5.74, 6) is 0. The van der Waals surface area contributed by atoms with E-state index in [2.05, 4.69) is 248 Å². The standard InChI is InChI=1S/C62H41NO/c1-3-16-42(17-4-1)47-38-48(43-18-5-2-6-19-43)40-49(39-47)44-32-35-50(36-33-44)63(59-29-11-9-24-56(59)57-28-15-31-61-62(57)58-25-10-12-30-60(58)64-61)51-22-13-21-46(41-51)53-26-14-27-54-52-23-8-7-20-45(52)34-37-55(53)54/h1-41H. The molecule has 12 aromatic rings. The highest BCUT2D eigenvalue weighted by Crippen LogP contribution is 2.46. The first-order valence-electron chi connectivity index (χ1n) is 21.9. The van der Waals surface area contributed by atoms with Gasteiger partial charge in [-0.1, -0.05) is 188 Å². The van der Waals surface area contributed by atoms with E-state index in [0.717, 1.165) is 61.3 Å². The quantitative estimate of drug-likeness (QED) is 0.142. The minimum absolute atomic E-state index is 0.877. The third kappa shape index (κ3) is 6.61. The van der Waals surface area contributed by atoms with Gasteiger partial charge in [-0.2, -0.15) is 0 Å². The van der Waals surface area contributed by atoms with Crippen LogP contribution in [0, 0.1) is 0 Å². The van der Waals surface area contributed by atoms with E-state index in [4.69, 9.17) is 4.42 Å². The van der Waals surface area contributed by atoms with Gasteiger partial charge < -0.3 is 9.32 Å². The van der Waals surface area contributed by atoms with E-state index in [1.54, 1.807) is 0 Å². The summed E-state index contributed by atoms with van der Waals surface area (Å²) < 4.78 is 6.43. The molecular formula is C62H41NO. The molecule has 2 heteroatoms. The summed E-state index contributed by atoms with van der Waals surface area (Å²) in [6.07, 6.45) is 0. The molecule has 0 aliphatic heterocycles. The maximum atomic E-state index is 6.43. The topological polar surface area (TPSA) is 16.4 Å². The molecule has 0 saturated carbocycles. The fourth-order valence-corrected chi connectivity index (χ4v) is 9.62. The second kappa shape index (κ2) is 15.8. The first-order valence-corrected chi connectivity index (χ1v) is 21.9. The maximum absolute atomic E-state index is 6.43. The number of anilines is 3. The summed E-state index contributed by atoms with van der Waals surface area (Å²) >= 11 is 0. The van der Waals surface area contributed by atoms with Crippen LogP contribution >= 0.6 is 0 Å². The van der Waals surface area contributed by atoms with E-state index in [0.29, 0.717) is 0 Å². The number of benzene rings is 11. The van der Waals surface area contributed by atoms with Crippen molar-refractivity contribution in [2.75, 3.05) is 4.90 Å². The molecule has 0 aliphatic rings. The Morgan fingerprint density at radius 1 is 0.266 bits per heavy atom. The molecule has 0 bridgehead atoms. The predicted molar refractivity (Wildman–Crippen MR) is 271 cm³/mol. The zero-order valence-electron chi connectivity index (χ0n) is 35.0. The van der Waals surface area contributed by atoms with Gasteiger partial charge in [-0.25, -0.2) is 0 Å². The lowest BCUT2D eigenvalue weighted by Gasteiger charge is -2.29. The largest absolute Gasteiger partial charge is 0.456 e. The predicted octanol–water partition coefficient (Wildman–Crippen LogP) is 17.7. The van der Waals surface area contributed by atoms with Crippen molar-refractivity contribution in [3.63, 3.8) is 0 Å². The molecule has 0 atom stereocenters. The van der Waals surface area contributed by atoms with Crippen LogP contribution in [0.4, 0.5) is 17.1 Å². The van der Waals surface area contributed by atoms with Crippen molar-refractivity contribution >= 4 is 60.5 Å². The van der Waals surface area contributed by atoms with Gasteiger partial charge in [0.2, 0.25) is 0 Å². The van der Waals surface area contributed by atoms with E-state index in [9.17, 15) is 0 Å². The zero-order valence-corrected chi connectivity index (χ0v) is 35.0. The van der Waals surface area contributed by atoms with Crippen LogP contribution in [-0.2, 0) is 0 Å². The Bertz CT molecular complexity index is 3600. The number of para-hydroxylation sites is 2. The minimum atomic E-state index is 0.877. The van der Waals surface area contributed by atoms with Gasteiger partial charge in [0.15, 0.2) is 0 Å². The summed E-state index contributed by atoms with van der Waals surface area (Å²) in [6.45, 7) is 0. The van der Waals surface area contributed by atoms with Gasteiger partial charge in [0.05, 0.1) is 5.69 Å². The summed E-state index contributed by atoms with van der Waals surface area (Å²) in [6, 6.07) is 89.8. The van der Waals surface area contributed by atoms with Crippen molar-refractivity contribution in [3.05, 3.63) is 249 Å². The average Bonchev–Trinajstić information content (AvgIpc) is 3.76. The summed E-state index contributed by atoms with van der Waals surface area (Å²) in [4.78, 5) is 2.42. The molecule has 0 saturated heterocycles. The molecule has 12 rings (SSSR count). The molecule has 0 fully saturated rings. The number of rotatable bonds is 8. The third-order valence-electron chi connectivity index (χ3n) is 12.6. The average molecular weight is 816 g/mol. The fourth-order valence-electron chi connectivity index (χ4n) is 9.62.